The van der Waals surface area contributed by atoms with Gasteiger partial charge in [0.25, 0.3) is 5.91 Å². The first kappa shape index (κ1) is 23.8. The molecular formula is C29H29ClN2O2. The van der Waals surface area contributed by atoms with Gasteiger partial charge in [-0.25, -0.2) is 0 Å². The van der Waals surface area contributed by atoms with Crippen molar-refractivity contribution in [1.82, 2.24) is 9.80 Å². The Labute approximate surface area is 207 Å². The molecular weight excluding hydrogens is 444 g/mol. The summed E-state index contributed by atoms with van der Waals surface area (Å²) in [5, 5.41) is 2.12. The number of halogens is 1. The molecule has 1 amide bonds. The Morgan fingerprint density at radius 2 is 1.24 bits per heavy atom. The number of rotatable bonds is 5. The minimum atomic E-state index is 0. The first-order chi connectivity index (χ1) is 16.2. The van der Waals surface area contributed by atoms with Gasteiger partial charge in [-0.1, -0.05) is 84.9 Å². The van der Waals surface area contributed by atoms with Crippen LogP contribution in [-0.2, 0) is 0 Å². The van der Waals surface area contributed by atoms with E-state index in [0.717, 1.165) is 23.9 Å². The topological polar surface area (TPSA) is 32.8 Å². The second-order valence-electron chi connectivity index (χ2n) is 8.45. The Morgan fingerprint density at radius 1 is 0.735 bits per heavy atom. The van der Waals surface area contributed by atoms with E-state index in [4.69, 9.17) is 4.74 Å². The number of nitrogens with zero attached hydrogens (tertiary/aromatic N) is 2. The number of carbonyl (C=O) groups excluding carboxylic acids is 1. The number of fused-ring (bicyclic) bond motifs is 1. The summed E-state index contributed by atoms with van der Waals surface area (Å²) in [5.41, 5.74) is 3.19. The lowest BCUT2D eigenvalue weighted by molar-refractivity contribution is 0.0594. The highest BCUT2D eigenvalue weighted by molar-refractivity contribution is 6.01. The van der Waals surface area contributed by atoms with Gasteiger partial charge in [0, 0.05) is 26.2 Å². The van der Waals surface area contributed by atoms with Crippen molar-refractivity contribution >= 4 is 29.1 Å². The molecule has 1 heterocycles. The van der Waals surface area contributed by atoms with Crippen molar-refractivity contribution in [3.05, 3.63) is 114 Å². The molecule has 1 aliphatic heterocycles. The molecule has 34 heavy (non-hydrogen) atoms. The Hall–Kier alpha value is -3.34. The van der Waals surface area contributed by atoms with E-state index in [0.29, 0.717) is 24.4 Å². The molecule has 4 aromatic carbocycles. The van der Waals surface area contributed by atoms with Crippen molar-refractivity contribution in [2.75, 3.05) is 33.3 Å². The number of hydrogen-bond acceptors (Lipinski definition) is 3. The van der Waals surface area contributed by atoms with Crippen LogP contribution in [0.15, 0.2) is 97.1 Å². The highest BCUT2D eigenvalue weighted by atomic mass is 35.5. The molecule has 1 saturated heterocycles. The van der Waals surface area contributed by atoms with Crippen LogP contribution in [0.25, 0.3) is 10.8 Å². The van der Waals surface area contributed by atoms with Gasteiger partial charge in [0.15, 0.2) is 0 Å². The van der Waals surface area contributed by atoms with Crippen LogP contribution in [0.1, 0.15) is 27.5 Å². The van der Waals surface area contributed by atoms with Gasteiger partial charge in [0.05, 0.1) is 18.7 Å². The molecule has 0 N–H and O–H groups in total. The lowest BCUT2D eigenvalue weighted by Gasteiger charge is -2.40. The molecule has 1 fully saturated rings. The molecule has 0 saturated carbocycles. The minimum Gasteiger partial charge on any atom is -0.496 e. The maximum atomic E-state index is 13.5. The van der Waals surface area contributed by atoms with E-state index in [9.17, 15) is 4.79 Å². The molecule has 4 aromatic rings. The summed E-state index contributed by atoms with van der Waals surface area (Å²) < 4.78 is 5.58. The number of piperazine rings is 1. The van der Waals surface area contributed by atoms with Crippen molar-refractivity contribution in [1.29, 1.82) is 0 Å². The standard InChI is InChI=1S/C29H28N2O2.ClH/c1-33-27-21-25-15-9-8-14-24(25)20-26(27)29(32)31-18-16-30(17-19-31)28(22-10-4-2-5-11-22)23-12-6-3-7-13-23;/h2-15,20-21,28H,16-19H2,1H3;1H. The van der Waals surface area contributed by atoms with Gasteiger partial charge >= 0.3 is 0 Å². The van der Waals surface area contributed by atoms with Gasteiger partial charge in [0.2, 0.25) is 0 Å². The molecule has 0 aromatic heterocycles. The lowest BCUT2D eigenvalue weighted by atomic mass is 9.96. The summed E-state index contributed by atoms with van der Waals surface area (Å²) >= 11 is 0. The zero-order valence-corrected chi connectivity index (χ0v) is 20.1. The Kier molecular flexibility index (Phi) is 7.51. The van der Waals surface area contributed by atoms with Crippen molar-refractivity contribution in [3.63, 3.8) is 0 Å². The summed E-state index contributed by atoms with van der Waals surface area (Å²) in [6.07, 6.45) is 0. The first-order valence-corrected chi connectivity index (χ1v) is 11.4. The second-order valence-corrected chi connectivity index (χ2v) is 8.45. The second kappa shape index (κ2) is 10.7. The normalized spacial score (nSPS) is 14.1. The van der Waals surface area contributed by atoms with E-state index < -0.39 is 0 Å². The number of methoxy groups -OCH3 is 1. The molecule has 0 radical (unpaired) electrons. The zero-order chi connectivity index (χ0) is 22.6. The zero-order valence-electron chi connectivity index (χ0n) is 19.3. The Bertz CT molecular complexity index is 1200. The van der Waals surface area contributed by atoms with Crippen molar-refractivity contribution < 1.29 is 9.53 Å². The molecule has 174 valence electrons. The van der Waals surface area contributed by atoms with Gasteiger partial charge in [0.1, 0.15) is 5.75 Å². The van der Waals surface area contributed by atoms with Gasteiger partial charge < -0.3 is 9.64 Å². The fourth-order valence-electron chi connectivity index (χ4n) is 4.79. The molecule has 0 aliphatic carbocycles. The van der Waals surface area contributed by atoms with Crippen LogP contribution in [0.4, 0.5) is 0 Å². The maximum absolute atomic E-state index is 13.5. The maximum Gasteiger partial charge on any atom is 0.257 e. The third kappa shape index (κ3) is 4.79. The summed E-state index contributed by atoms with van der Waals surface area (Å²) in [6.45, 7) is 3.00. The molecule has 0 bridgehead atoms. The average Bonchev–Trinajstić information content (AvgIpc) is 2.89. The van der Waals surface area contributed by atoms with Crippen LogP contribution in [0, 0.1) is 0 Å². The summed E-state index contributed by atoms with van der Waals surface area (Å²) in [4.78, 5) is 17.9. The fourth-order valence-corrected chi connectivity index (χ4v) is 4.79. The van der Waals surface area contributed by atoms with E-state index in [1.165, 1.54) is 11.1 Å². The van der Waals surface area contributed by atoms with E-state index in [1.54, 1.807) is 7.11 Å². The van der Waals surface area contributed by atoms with Crippen LogP contribution in [0.2, 0.25) is 0 Å². The lowest BCUT2D eigenvalue weighted by Crippen LogP contribution is -2.49. The number of amides is 1. The molecule has 0 spiro atoms. The fraction of sp³-hybridized carbons (Fsp3) is 0.207. The predicted octanol–water partition coefficient (Wildman–Crippen LogP) is 5.82. The molecule has 0 atom stereocenters. The van der Waals surface area contributed by atoms with Crippen molar-refractivity contribution in [3.8, 4) is 5.75 Å². The van der Waals surface area contributed by atoms with Crippen LogP contribution in [0.5, 0.6) is 5.75 Å². The Morgan fingerprint density at radius 3 is 1.76 bits per heavy atom. The van der Waals surface area contributed by atoms with Crippen LogP contribution in [-0.4, -0.2) is 49.0 Å². The average molecular weight is 473 g/mol. The van der Waals surface area contributed by atoms with Gasteiger partial charge in [-0.05, 0) is 34.0 Å². The van der Waals surface area contributed by atoms with E-state index in [2.05, 4.69) is 65.6 Å². The highest BCUT2D eigenvalue weighted by Gasteiger charge is 2.29. The molecule has 0 unspecified atom stereocenters. The molecule has 5 rings (SSSR count). The van der Waals surface area contributed by atoms with Crippen LogP contribution >= 0.6 is 12.4 Å². The van der Waals surface area contributed by atoms with Gasteiger partial charge in [-0.15, -0.1) is 12.4 Å². The van der Waals surface area contributed by atoms with E-state index in [1.807, 2.05) is 41.3 Å². The smallest absolute Gasteiger partial charge is 0.257 e. The monoisotopic (exact) mass is 472 g/mol. The SMILES string of the molecule is COc1cc2ccccc2cc1C(=O)N1CCN(C(c2ccccc2)c2ccccc2)CC1.Cl. The van der Waals surface area contributed by atoms with Gasteiger partial charge in [-0.3, -0.25) is 9.69 Å². The molecule has 1 aliphatic rings. The van der Waals surface area contributed by atoms with Crippen molar-refractivity contribution in [2.45, 2.75) is 6.04 Å². The number of hydrogen-bond donors (Lipinski definition) is 0. The largest absolute Gasteiger partial charge is 0.496 e. The Balaban J connectivity index is 0.00000274. The molecule has 5 heteroatoms. The first-order valence-electron chi connectivity index (χ1n) is 11.4. The van der Waals surface area contributed by atoms with Crippen molar-refractivity contribution in [2.24, 2.45) is 0 Å². The van der Waals surface area contributed by atoms with Gasteiger partial charge in [-0.2, -0.15) is 0 Å². The minimum absolute atomic E-state index is 0. The number of carbonyl (C=O) groups is 1. The summed E-state index contributed by atoms with van der Waals surface area (Å²) in [7, 11) is 1.63. The van der Waals surface area contributed by atoms with Crippen LogP contribution < -0.4 is 4.74 Å². The number of ether oxygens (including phenoxy) is 1. The quantitative estimate of drug-likeness (QED) is 0.367. The summed E-state index contributed by atoms with van der Waals surface area (Å²) in [6, 6.07) is 33.4. The van der Waals surface area contributed by atoms with Crippen LogP contribution in [0.3, 0.4) is 0 Å². The van der Waals surface area contributed by atoms with E-state index in [-0.39, 0.29) is 24.4 Å². The highest BCUT2D eigenvalue weighted by Crippen LogP contribution is 2.31. The van der Waals surface area contributed by atoms with E-state index >= 15 is 0 Å². The third-order valence-electron chi connectivity index (χ3n) is 6.50. The predicted molar refractivity (Wildman–Crippen MR) is 140 cm³/mol. The molecule has 4 nitrogen and oxygen atoms in total. The number of benzene rings is 4. The summed E-state index contributed by atoms with van der Waals surface area (Å²) in [5.74, 6) is 0.667. The third-order valence-corrected chi connectivity index (χ3v) is 6.50.